The number of anilines is 1. The van der Waals surface area contributed by atoms with E-state index in [0.29, 0.717) is 11.4 Å². The van der Waals surface area contributed by atoms with Crippen LogP contribution in [0.4, 0.5) is 5.82 Å². The van der Waals surface area contributed by atoms with Crippen molar-refractivity contribution in [3.05, 3.63) is 41.6 Å². The van der Waals surface area contributed by atoms with Gasteiger partial charge in [-0.25, -0.2) is 4.98 Å². The summed E-state index contributed by atoms with van der Waals surface area (Å²) >= 11 is 0. The van der Waals surface area contributed by atoms with Gasteiger partial charge in [0.2, 0.25) is 0 Å². The van der Waals surface area contributed by atoms with Crippen LogP contribution in [0.3, 0.4) is 0 Å². The number of carbonyl (C=O) groups excluding carboxylic acids is 1. The molecule has 0 radical (unpaired) electrons. The second-order valence-corrected chi connectivity index (χ2v) is 4.80. The van der Waals surface area contributed by atoms with E-state index in [2.05, 4.69) is 20.6 Å². The molecular weight excluding hydrogens is 254 g/mol. The largest absolute Gasteiger partial charge is 0.336 e. The number of rotatable bonds is 3. The average Bonchev–Trinajstić information content (AvgIpc) is 2.94. The lowest BCUT2D eigenvalue weighted by molar-refractivity contribution is 0.102. The van der Waals surface area contributed by atoms with E-state index in [-0.39, 0.29) is 5.91 Å². The first kappa shape index (κ1) is 12.8. The molecule has 0 aromatic carbocycles. The van der Waals surface area contributed by atoms with Crippen molar-refractivity contribution in [3.63, 3.8) is 0 Å². The molecule has 2 aromatic heterocycles. The SMILES string of the molecule is CCn1cnc(NC(=O)c2cnc3c(c2)CCNC3)c1. The first-order valence-corrected chi connectivity index (χ1v) is 6.78. The van der Waals surface area contributed by atoms with Crippen molar-refractivity contribution in [1.29, 1.82) is 0 Å². The third-order valence-electron chi connectivity index (χ3n) is 3.43. The lowest BCUT2D eigenvalue weighted by atomic mass is 10.0. The van der Waals surface area contributed by atoms with Crippen LogP contribution in [0.15, 0.2) is 24.8 Å². The lowest BCUT2D eigenvalue weighted by Gasteiger charge is -2.16. The number of fused-ring (bicyclic) bond motifs is 1. The van der Waals surface area contributed by atoms with E-state index in [1.807, 2.05) is 23.8 Å². The van der Waals surface area contributed by atoms with Gasteiger partial charge in [-0.05, 0) is 31.5 Å². The maximum Gasteiger partial charge on any atom is 0.258 e. The van der Waals surface area contributed by atoms with Crippen LogP contribution in [0.25, 0.3) is 0 Å². The summed E-state index contributed by atoms with van der Waals surface area (Å²) in [4.78, 5) is 20.7. The third-order valence-corrected chi connectivity index (χ3v) is 3.43. The maximum absolute atomic E-state index is 12.2. The van der Waals surface area contributed by atoms with Crippen LogP contribution < -0.4 is 10.6 Å². The fraction of sp³-hybridized carbons (Fsp3) is 0.357. The van der Waals surface area contributed by atoms with Crippen molar-refractivity contribution >= 4 is 11.7 Å². The van der Waals surface area contributed by atoms with Gasteiger partial charge in [0.1, 0.15) is 0 Å². The Balaban J connectivity index is 1.76. The van der Waals surface area contributed by atoms with E-state index in [0.717, 1.165) is 37.3 Å². The van der Waals surface area contributed by atoms with Crippen molar-refractivity contribution < 1.29 is 4.79 Å². The Morgan fingerprint density at radius 3 is 3.20 bits per heavy atom. The molecular formula is C14H17N5O. The number of amides is 1. The number of hydrogen-bond acceptors (Lipinski definition) is 4. The average molecular weight is 271 g/mol. The second-order valence-electron chi connectivity index (χ2n) is 4.80. The maximum atomic E-state index is 12.2. The first-order chi connectivity index (χ1) is 9.76. The number of imidazole rings is 1. The van der Waals surface area contributed by atoms with Gasteiger partial charge in [0, 0.05) is 25.5 Å². The quantitative estimate of drug-likeness (QED) is 0.879. The highest BCUT2D eigenvalue weighted by molar-refractivity contribution is 6.03. The summed E-state index contributed by atoms with van der Waals surface area (Å²) in [5.41, 5.74) is 2.76. The molecule has 2 aromatic rings. The van der Waals surface area contributed by atoms with Crippen LogP contribution in [0, 0.1) is 0 Å². The van der Waals surface area contributed by atoms with Gasteiger partial charge in [0.25, 0.3) is 5.91 Å². The van der Waals surface area contributed by atoms with E-state index in [9.17, 15) is 4.79 Å². The molecule has 0 aliphatic carbocycles. The van der Waals surface area contributed by atoms with E-state index >= 15 is 0 Å². The standard InChI is InChI=1S/C14H17N5O/c1-2-19-8-13(17-9-19)18-14(20)11-5-10-3-4-15-7-12(10)16-6-11/h5-6,8-9,15H,2-4,7H2,1H3,(H,18,20). The van der Waals surface area contributed by atoms with Crippen molar-refractivity contribution in [2.24, 2.45) is 0 Å². The number of nitrogens with one attached hydrogen (secondary N) is 2. The number of aryl methyl sites for hydroxylation is 1. The summed E-state index contributed by atoms with van der Waals surface area (Å²) in [6.07, 6.45) is 6.05. The summed E-state index contributed by atoms with van der Waals surface area (Å²) in [5.74, 6) is 0.399. The molecule has 0 fully saturated rings. The van der Waals surface area contributed by atoms with E-state index in [1.54, 1.807) is 12.5 Å². The van der Waals surface area contributed by atoms with Crippen LogP contribution in [0.5, 0.6) is 0 Å². The van der Waals surface area contributed by atoms with Crippen LogP contribution >= 0.6 is 0 Å². The topological polar surface area (TPSA) is 71.8 Å². The summed E-state index contributed by atoms with van der Waals surface area (Å²) in [5, 5.41) is 6.06. The van der Waals surface area contributed by atoms with Crippen molar-refractivity contribution in [2.75, 3.05) is 11.9 Å². The molecule has 0 atom stereocenters. The summed E-state index contributed by atoms with van der Waals surface area (Å²) in [6.45, 7) is 4.56. The molecule has 1 aliphatic heterocycles. The van der Waals surface area contributed by atoms with Gasteiger partial charge in [-0.3, -0.25) is 9.78 Å². The zero-order valence-electron chi connectivity index (χ0n) is 11.4. The van der Waals surface area contributed by atoms with Gasteiger partial charge < -0.3 is 15.2 Å². The van der Waals surface area contributed by atoms with E-state index < -0.39 is 0 Å². The molecule has 6 nitrogen and oxygen atoms in total. The predicted molar refractivity (Wildman–Crippen MR) is 75.5 cm³/mol. The number of nitrogens with zero attached hydrogens (tertiary/aromatic N) is 3. The van der Waals surface area contributed by atoms with Crippen LogP contribution in [0.2, 0.25) is 0 Å². The molecule has 0 saturated carbocycles. The van der Waals surface area contributed by atoms with Gasteiger partial charge in [0.05, 0.1) is 17.6 Å². The molecule has 1 amide bonds. The molecule has 0 unspecified atom stereocenters. The monoisotopic (exact) mass is 271 g/mol. The molecule has 3 rings (SSSR count). The molecule has 20 heavy (non-hydrogen) atoms. The Hall–Kier alpha value is -2.21. The number of pyridine rings is 1. The highest BCUT2D eigenvalue weighted by Gasteiger charge is 2.14. The van der Waals surface area contributed by atoms with Crippen LogP contribution in [-0.2, 0) is 19.5 Å². The van der Waals surface area contributed by atoms with Crippen molar-refractivity contribution in [2.45, 2.75) is 26.4 Å². The molecule has 2 N–H and O–H groups in total. The van der Waals surface area contributed by atoms with Gasteiger partial charge >= 0.3 is 0 Å². The summed E-state index contributed by atoms with van der Waals surface area (Å²) in [7, 11) is 0. The Bertz CT molecular complexity index is 634. The number of carbonyl (C=O) groups is 1. The molecule has 0 saturated heterocycles. The zero-order chi connectivity index (χ0) is 13.9. The molecule has 6 heteroatoms. The lowest BCUT2D eigenvalue weighted by Crippen LogP contribution is -2.25. The van der Waals surface area contributed by atoms with Crippen molar-refractivity contribution in [3.8, 4) is 0 Å². The summed E-state index contributed by atoms with van der Waals surface area (Å²) < 4.78 is 1.91. The van der Waals surface area contributed by atoms with Gasteiger partial charge in [-0.15, -0.1) is 0 Å². The highest BCUT2D eigenvalue weighted by Crippen LogP contribution is 2.14. The van der Waals surface area contributed by atoms with Gasteiger partial charge in [0.15, 0.2) is 5.82 Å². The predicted octanol–water partition coefficient (Wildman–Crippen LogP) is 1.20. The Kier molecular flexibility index (Phi) is 3.47. The smallest absolute Gasteiger partial charge is 0.258 e. The fourth-order valence-corrected chi connectivity index (χ4v) is 2.25. The van der Waals surface area contributed by atoms with E-state index in [4.69, 9.17) is 0 Å². The van der Waals surface area contributed by atoms with Crippen molar-refractivity contribution in [1.82, 2.24) is 19.9 Å². The fourth-order valence-electron chi connectivity index (χ4n) is 2.25. The minimum Gasteiger partial charge on any atom is -0.336 e. The third kappa shape index (κ3) is 2.55. The minimum atomic E-state index is -0.166. The minimum absolute atomic E-state index is 0.166. The molecule has 104 valence electrons. The Morgan fingerprint density at radius 1 is 1.50 bits per heavy atom. The molecule has 1 aliphatic rings. The summed E-state index contributed by atoms with van der Waals surface area (Å²) in [6, 6.07) is 1.93. The highest BCUT2D eigenvalue weighted by atomic mass is 16.1. The molecule has 3 heterocycles. The van der Waals surface area contributed by atoms with Gasteiger partial charge in [-0.2, -0.15) is 0 Å². The zero-order valence-corrected chi connectivity index (χ0v) is 11.4. The van der Waals surface area contributed by atoms with Crippen LogP contribution in [0.1, 0.15) is 28.5 Å². The van der Waals surface area contributed by atoms with E-state index in [1.165, 1.54) is 0 Å². The number of aromatic nitrogens is 3. The second kappa shape index (κ2) is 5.42. The normalized spacial score (nSPS) is 13.8. The molecule has 0 bridgehead atoms. The first-order valence-electron chi connectivity index (χ1n) is 6.78. The molecule has 0 spiro atoms. The number of hydrogen-bond donors (Lipinski definition) is 2. The van der Waals surface area contributed by atoms with Gasteiger partial charge in [-0.1, -0.05) is 0 Å². The Morgan fingerprint density at radius 2 is 2.40 bits per heavy atom. The Labute approximate surface area is 117 Å². The van der Waals surface area contributed by atoms with Crippen LogP contribution in [-0.4, -0.2) is 27.0 Å².